The minimum atomic E-state index is -0.847. The van der Waals surface area contributed by atoms with Crippen LogP contribution in [0.25, 0.3) is 0 Å². The van der Waals surface area contributed by atoms with Crippen molar-refractivity contribution in [3.05, 3.63) is 51.2 Å². The van der Waals surface area contributed by atoms with E-state index in [1.807, 2.05) is 6.92 Å². The third kappa shape index (κ3) is 2.13. The van der Waals surface area contributed by atoms with Gasteiger partial charge in [-0.25, -0.2) is 9.37 Å². The van der Waals surface area contributed by atoms with Crippen molar-refractivity contribution in [2.75, 3.05) is 0 Å². The summed E-state index contributed by atoms with van der Waals surface area (Å²) in [6.45, 7) is 3.56. The monoisotopic (exact) mass is 237 g/mol. The standard InChI is InChI=1S/C12H12FNOS/c1-7-3-4-9(5-10(7)13)12(15)11-6-16-8(2)14-11/h3-6,12,15H,1-2H3. The summed E-state index contributed by atoms with van der Waals surface area (Å²) >= 11 is 1.47. The fourth-order valence-electron chi connectivity index (χ4n) is 1.46. The number of thiazole rings is 1. The molecule has 0 aliphatic rings. The average Bonchev–Trinajstić information content (AvgIpc) is 2.68. The van der Waals surface area contributed by atoms with E-state index < -0.39 is 6.10 Å². The van der Waals surface area contributed by atoms with Crippen molar-refractivity contribution in [3.8, 4) is 0 Å². The first-order valence-electron chi connectivity index (χ1n) is 4.94. The molecule has 0 spiro atoms. The minimum absolute atomic E-state index is 0.302. The molecule has 1 aromatic heterocycles. The van der Waals surface area contributed by atoms with Gasteiger partial charge in [-0.1, -0.05) is 12.1 Å². The van der Waals surface area contributed by atoms with Gasteiger partial charge in [0, 0.05) is 5.38 Å². The zero-order valence-electron chi connectivity index (χ0n) is 9.07. The first kappa shape index (κ1) is 11.2. The molecule has 0 aliphatic heterocycles. The Bertz CT molecular complexity index is 509. The predicted molar refractivity (Wildman–Crippen MR) is 62.0 cm³/mol. The van der Waals surface area contributed by atoms with Crippen LogP contribution in [0.15, 0.2) is 23.6 Å². The molecule has 0 aliphatic carbocycles. The van der Waals surface area contributed by atoms with Crippen LogP contribution in [0.4, 0.5) is 4.39 Å². The summed E-state index contributed by atoms with van der Waals surface area (Å²) in [6.07, 6.45) is -0.847. The summed E-state index contributed by atoms with van der Waals surface area (Å²) in [5.74, 6) is -0.302. The topological polar surface area (TPSA) is 33.1 Å². The summed E-state index contributed by atoms with van der Waals surface area (Å²) in [5, 5.41) is 12.7. The molecule has 1 unspecified atom stereocenters. The van der Waals surface area contributed by atoms with E-state index >= 15 is 0 Å². The largest absolute Gasteiger partial charge is 0.382 e. The van der Waals surface area contributed by atoms with Crippen LogP contribution in [-0.4, -0.2) is 10.1 Å². The van der Waals surface area contributed by atoms with Gasteiger partial charge in [0.2, 0.25) is 0 Å². The minimum Gasteiger partial charge on any atom is -0.382 e. The smallest absolute Gasteiger partial charge is 0.126 e. The molecule has 1 atom stereocenters. The Morgan fingerprint density at radius 2 is 2.12 bits per heavy atom. The maximum absolute atomic E-state index is 13.3. The Labute approximate surface area is 97.4 Å². The highest BCUT2D eigenvalue weighted by Crippen LogP contribution is 2.24. The molecule has 1 N–H and O–H groups in total. The van der Waals surface area contributed by atoms with Gasteiger partial charge in [-0.15, -0.1) is 11.3 Å². The van der Waals surface area contributed by atoms with E-state index in [0.717, 1.165) is 5.01 Å². The van der Waals surface area contributed by atoms with Crippen molar-refractivity contribution in [2.45, 2.75) is 20.0 Å². The van der Waals surface area contributed by atoms with Crippen LogP contribution in [0.1, 0.15) is 27.9 Å². The van der Waals surface area contributed by atoms with Crippen LogP contribution in [-0.2, 0) is 0 Å². The molecule has 0 saturated carbocycles. The second-order valence-corrected chi connectivity index (χ2v) is 4.76. The van der Waals surface area contributed by atoms with Crippen molar-refractivity contribution < 1.29 is 9.50 Å². The van der Waals surface area contributed by atoms with Crippen LogP contribution in [0.2, 0.25) is 0 Å². The lowest BCUT2D eigenvalue weighted by Crippen LogP contribution is -2.01. The van der Waals surface area contributed by atoms with Gasteiger partial charge in [0.1, 0.15) is 11.9 Å². The van der Waals surface area contributed by atoms with Crippen molar-refractivity contribution in [2.24, 2.45) is 0 Å². The normalized spacial score (nSPS) is 12.8. The van der Waals surface area contributed by atoms with Crippen molar-refractivity contribution in [1.82, 2.24) is 4.98 Å². The van der Waals surface area contributed by atoms with Gasteiger partial charge in [-0.05, 0) is 31.0 Å². The maximum Gasteiger partial charge on any atom is 0.126 e. The number of halogens is 1. The number of aliphatic hydroxyl groups excluding tert-OH is 1. The number of benzene rings is 1. The average molecular weight is 237 g/mol. The van der Waals surface area contributed by atoms with Crippen molar-refractivity contribution in [1.29, 1.82) is 0 Å². The first-order chi connectivity index (χ1) is 7.58. The van der Waals surface area contributed by atoms with Crippen LogP contribution < -0.4 is 0 Å². The highest BCUT2D eigenvalue weighted by atomic mass is 32.1. The Morgan fingerprint density at radius 3 is 2.69 bits per heavy atom. The molecule has 1 heterocycles. The highest BCUT2D eigenvalue weighted by molar-refractivity contribution is 7.09. The van der Waals surface area contributed by atoms with E-state index in [0.29, 0.717) is 16.8 Å². The van der Waals surface area contributed by atoms with Gasteiger partial charge in [0.15, 0.2) is 0 Å². The van der Waals surface area contributed by atoms with E-state index in [9.17, 15) is 9.50 Å². The Hall–Kier alpha value is -1.26. The molecule has 1 aromatic carbocycles. The predicted octanol–water partition coefficient (Wildman–Crippen LogP) is 2.98. The fourth-order valence-corrected chi connectivity index (χ4v) is 2.09. The molecule has 2 rings (SSSR count). The summed E-state index contributed by atoms with van der Waals surface area (Å²) < 4.78 is 13.3. The fraction of sp³-hybridized carbons (Fsp3) is 0.250. The number of aromatic nitrogens is 1. The van der Waals surface area contributed by atoms with E-state index in [-0.39, 0.29) is 5.82 Å². The number of rotatable bonds is 2. The zero-order chi connectivity index (χ0) is 11.7. The molecule has 16 heavy (non-hydrogen) atoms. The molecular formula is C12H12FNOS. The summed E-state index contributed by atoms with van der Waals surface area (Å²) in [7, 11) is 0. The van der Waals surface area contributed by atoms with Gasteiger partial charge in [-0.3, -0.25) is 0 Å². The number of nitrogens with zero attached hydrogens (tertiary/aromatic N) is 1. The maximum atomic E-state index is 13.3. The molecule has 84 valence electrons. The molecule has 0 amide bonds. The SMILES string of the molecule is Cc1nc(C(O)c2ccc(C)c(F)c2)cs1. The van der Waals surface area contributed by atoms with Gasteiger partial charge in [0.05, 0.1) is 10.7 Å². The molecule has 2 aromatic rings. The molecule has 0 saturated heterocycles. The van der Waals surface area contributed by atoms with Gasteiger partial charge < -0.3 is 5.11 Å². The lowest BCUT2D eigenvalue weighted by Gasteiger charge is -2.09. The Kier molecular flexibility index (Phi) is 3.03. The number of aliphatic hydroxyl groups is 1. The Balaban J connectivity index is 2.33. The number of aryl methyl sites for hydroxylation is 2. The second kappa shape index (κ2) is 4.31. The van der Waals surface area contributed by atoms with Crippen LogP contribution in [0, 0.1) is 19.7 Å². The highest BCUT2D eigenvalue weighted by Gasteiger charge is 2.14. The molecule has 4 heteroatoms. The lowest BCUT2D eigenvalue weighted by molar-refractivity contribution is 0.215. The summed E-state index contributed by atoms with van der Waals surface area (Å²) in [5.41, 5.74) is 1.68. The molecule has 0 bridgehead atoms. The Morgan fingerprint density at radius 1 is 1.38 bits per heavy atom. The van der Waals surface area contributed by atoms with E-state index in [1.54, 1.807) is 24.4 Å². The third-order valence-electron chi connectivity index (χ3n) is 2.43. The summed E-state index contributed by atoms with van der Waals surface area (Å²) in [4.78, 5) is 4.19. The van der Waals surface area contributed by atoms with Crippen LogP contribution in [0.3, 0.4) is 0 Å². The third-order valence-corrected chi connectivity index (χ3v) is 3.22. The van der Waals surface area contributed by atoms with Crippen molar-refractivity contribution >= 4 is 11.3 Å². The van der Waals surface area contributed by atoms with E-state index in [2.05, 4.69) is 4.98 Å². The van der Waals surface area contributed by atoms with E-state index in [4.69, 9.17) is 0 Å². The van der Waals surface area contributed by atoms with Gasteiger partial charge in [-0.2, -0.15) is 0 Å². The van der Waals surface area contributed by atoms with Gasteiger partial charge in [0.25, 0.3) is 0 Å². The zero-order valence-corrected chi connectivity index (χ0v) is 9.88. The molecule has 2 nitrogen and oxygen atoms in total. The number of hydrogen-bond donors (Lipinski definition) is 1. The molecule has 0 radical (unpaired) electrons. The van der Waals surface area contributed by atoms with E-state index in [1.165, 1.54) is 17.4 Å². The van der Waals surface area contributed by atoms with Crippen molar-refractivity contribution in [3.63, 3.8) is 0 Å². The van der Waals surface area contributed by atoms with Gasteiger partial charge >= 0.3 is 0 Å². The molecule has 0 fully saturated rings. The molecular weight excluding hydrogens is 225 g/mol. The van der Waals surface area contributed by atoms with Crippen LogP contribution in [0.5, 0.6) is 0 Å². The van der Waals surface area contributed by atoms with Crippen LogP contribution >= 0.6 is 11.3 Å². The number of hydrogen-bond acceptors (Lipinski definition) is 3. The lowest BCUT2D eigenvalue weighted by atomic mass is 10.1. The quantitative estimate of drug-likeness (QED) is 0.871. The summed E-state index contributed by atoms with van der Waals surface area (Å²) in [6, 6.07) is 4.74. The first-order valence-corrected chi connectivity index (χ1v) is 5.82. The second-order valence-electron chi connectivity index (χ2n) is 3.70.